The zero-order valence-electron chi connectivity index (χ0n) is 15.6. The third-order valence-corrected chi connectivity index (χ3v) is 4.31. The molecule has 2 amide bonds. The number of aromatic amines is 1. The Labute approximate surface area is 158 Å². The van der Waals surface area contributed by atoms with E-state index in [1.54, 1.807) is 24.3 Å². The SMILES string of the molecule is CCN(CC(=O)Nc1cccc(NC(C)=O)c1)Cc1ccc2[nH]ccc2c1. The molecule has 27 heavy (non-hydrogen) atoms. The lowest BCUT2D eigenvalue weighted by Crippen LogP contribution is -2.32. The number of fused-ring (bicyclic) bond motifs is 1. The van der Waals surface area contributed by atoms with E-state index in [1.807, 2.05) is 19.2 Å². The molecule has 0 saturated heterocycles. The predicted octanol–water partition coefficient (Wildman–Crippen LogP) is 3.59. The van der Waals surface area contributed by atoms with Crippen LogP contribution in [0.3, 0.4) is 0 Å². The maximum absolute atomic E-state index is 12.4. The Morgan fingerprint density at radius 2 is 1.81 bits per heavy atom. The fourth-order valence-electron chi connectivity index (χ4n) is 3.02. The molecular formula is C21H24N4O2. The lowest BCUT2D eigenvalue weighted by atomic mass is 10.1. The fourth-order valence-corrected chi connectivity index (χ4v) is 3.02. The van der Waals surface area contributed by atoms with Crippen molar-refractivity contribution in [3.8, 4) is 0 Å². The molecule has 6 heteroatoms. The van der Waals surface area contributed by atoms with E-state index in [1.165, 1.54) is 17.9 Å². The quantitative estimate of drug-likeness (QED) is 0.600. The molecule has 6 nitrogen and oxygen atoms in total. The maximum Gasteiger partial charge on any atom is 0.238 e. The standard InChI is InChI=1S/C21H24N4O2/c1-3-25(13-16-7-8-20-17(11-16)9-10-22-20)14-21(27)24-19-6-4-5-18(12-19)23-15(2)26/h4-12,22H,3,13-14H2,1-2H3,(H,23,26)(H,24,27). The van der Waals surface area contributed by atoms with Crippen molar-refractivity contribution in [2.24, 2.45) is 0 Å². The summed E-state index contributed by atoms with van der Waals surface area (Å²) in [6.07, 6.45) is 1.93. The van der Waals surface area contributed by atoms with Crippen LogP contribution in [0.5, 0.6) is 0 Å². The van der Waals surface area contributed by atoms with Gasteiger partial charge < -0.3 is 15.6 Å². The minimum absolute atomic E-state index is 0.0838. The Morgan fingerprint density at radius 1 is 1.04 bits per heavy atom. The van der Waals surface area contributed by atoms with Crippen LogP contribution in [0, 0.1) is 0 Å². The van der Waals surface area contributed by atoms with Crippen LogP contribution in [0.15, 0.2) is 54.7 Å². The van der Waals surface area contributed by atoms with Crippen LogP contribution in [-0.2, 0) is 16.1 Å². The predicted molar refractivity (Wildman–Crippen MR) is 109 cm³/mol. The van der Waals surface area contributed by atoms with Gasteiger partial charge >= 0.3 is 0 Å². The number of anilines is 2. The second-order valence-electron chi connectivity index (χ2n) is 6.51. The van der Waals surface area contributed by atoms with Crippen LogP contribution in [0.2, 0.25) is 0 Å². The number of nitrogens with zero attached hydrogens (tertiary/aromatic N) is 1. The molecule has 0 saturated carbocycles. The molecule has 2 aromatic carbocycles. The van der Waals surface area contributed by atoms with Crippen molar-refractivity contribution in [1.82, 2.24) is 9.88 Å². The van der Waals surface area contributed by atoms with Gasteiger partial charge in [0.1, 0.15) is 0 Å². The van der Waals surface area contributed by atoms with Crippen LogP contribution >= 0.6 is 0 Å². The zero-order valence-corrected chi connectivity index (χ0v) is 15.6. The Balaban J connectivity index is 1.60. The third-order valence-electron chi connectivity index (χ3n) is 4.31. The molecule has 0 bridgehead atoms. The summed E-state index contributed by atoms with van der Waals surface area (Å²) in [6, 6.07) is 15.5. The smallest absolute Gasteiger partial charge is 0.238 e. The van der Waals surface area contributed by atoms with Gasteiger partial charge in [0.15, 0.2) is 0 Å². The van der Waals surface area contributed by atoms with Gasteiger partial charge in [-0.3, -0.25) is 14.5 Å². The molecule has 3 rings (SSSR count). The number of amides is 2. The number of H-pyrrole nitrogens is 1. The highest BCUT2D eigenvalue weighted by atomic mass is 16.2. The number of carbonyl (C=O) groups is 2. The van der Waals surface area contributed by atoms with Crippen LogP contribution in [0.1, 0.15) is 19.4 Å². The van der Waals surface area contributed by atoms with E-state index >= 15 is 0 Å². The average molecular weight is 364 g/mol. The molecule has 0 spiro atoms. The van der Waals surface area contributed by atoms with Gasteiger partial charge in [0, 0.05) is 36.6 Å². The van der Waals surface area contributed by atoms with Gasteiger partial charge in [-0.25, -0.2) is 0 Å². The van der Waals surface area contributed by atoms with E-state index in [9.17, 15) is 9.59 Å². The van der Waals surface area contributed by atoms with Crippen molar-refractivity contribution >= 4 is 34.1 Å². The van der Waals surface area contributed by atoms with Gasteiger partial charge in [-0.2, -0.15) is 0 Å². The van der Waals surface area contributed by atoms with E-state index < -0.39 is 0 Å². The summed E-state index contributed by atoms with van der Waals surface area (Å²) >= 11 is 0. The molecule has 0 radical (unpaired) electrons. The molecule has 140 valence electrons. The monoisotopic (exact) mass is 364 g/mol. The minimum Gasteiger partial charge on any atom is -0.361 e. The van der Waals surface area contributed by atoms with Crippen molar-refractivity contribution in [2.75, 3.05) is 23.7 Å². The Bertz CT molecular complexity index is 948. The number of carbonyl (C=O) groups excluding carboxylic acids is 2. The first-order chi connectivity index (χ1) is 13.0. The van der Waals surface area contributed by atoms with Gasteiger partial charge in [0.2, 0.25) is 11.8 Å². The summed E-state index contributed by atoms with van der Waals surface area (Å²) in [4.78, 5) is 28.9. The van der Waals surface area contributed by atoms with E-state index in [2.05, 4.69) is 38.7 Å². The van der Waals surface area contributed by atoms with Crippen molar-refractivity contribution < 1.29 is 9.59 Å². The minimum atomic E-state index is -0.143. The molecule has 3 N–H and O–H groups in total. The van der Waals surface area contributed by atoms with Crippen molar-refractivity contribution in [3.63, 3.8) is 0 Å². The van der Waals surface area contributed by atoms with Crippen LogP contribution in [-0.4, -0.2) is 34.8 Å². The normalized spacial score (nSPS) is 10.9. The largest absolute Gasteiger partial charge is 0.361 e. The maximum atomic E-state index is 12.4. The Morgan fingerprint density at radius 3 is 2.56 bits per heavy atom. The first-order valence-electron chi connectivity index (χ1n) is 8.99. The molecule has 0 unspecified atom stereocenters. The molecule has 3 aromatic rings. The second-order valence-corrected chi connectivity index (χ2v) is 6.51. The fraction of sp³-hybridized carbons (Fsp3) is 0.238. The molecular weight excluding hydrogens is 340 g/mol. The highest BCUT2D eigenvalue weighted by Crippen LogP contribution is 2.17. The molecule has 0 aliphatic carbocycles. The van der Waals surface area contributed by atoms with Crippen LogP contribution in [0.25, 0.3) is 10.9 Å². The summed E-state index contributed by atoms with van der Waals surface area (Å²) in [5.41, 5.74) is 3.60. The average Bonchev–Trinajstić information content (AvgIpc) is 3.08. The van der Waals surface area contributed by atoms with Crippen LogP contribution < -0.4 is 10.6 Å². The number of likely N-dealkylation sites (N-methyl/N-ethyl adjacent to an activating group) is 1. The first-order valence-corrected chi connectivity index (χ1v) is 8.99. The van der Waals surface area contributed by atoms with Gasteiger partial charge in [-0.1, -0.05) is 19.1 Å². The van der Waals surface area contributed by atoms with Gasteiger partial charge in [-0.15, -0.1) is 0 Å². The van der Waals surface area contributed by atoms with Crippen LogP contribution in [0.4, 0.5) is 11.4 Å². The Hall–Kier alpha value is -3.12. The van der Waals surface area contributed by atoms with Crippen molar-refractivity contribution in [3.05, 3.63) is 60.3 Å². The van der Waals surface area contributed by atoms with E-state index in [-0.39, 0.29) is 11.8 Å². The summed E-state index contributed by atoms with van der Waals surface area (Å²) in [6.45, 7) is 5.27. The molecule has 0 aliphatic heterocycles. The van der Waals surface area contributed by atoms with Crippen molar-refractivity contribution in [1.29, 1.82) is 0 Å². The Kier molecular flexibility index (Phi) is 5.88. The summed E-state index contributed by atoms with van der Waals surface area (Å²) < 4.78 is 0. The van der Waals surface area contributed by atoms with E-state index in [0.29, 0.717) is 24.5 Å². The first kappa shape index (κ1) is 18.7. The molecule has 0 atom stereocenters. The topological polar surface area (TPSA) is 77.2 Å². The number of hydrogen-bond donors (Lipinski definition) is 3. The van der Waals surface area contributed by atoms with Crippen molar-refractivity contribution in [2.45, 2.75) is 20.4 Å². The summed E-state index contributed by atoms with van der Waals surface area (Å²) in [5.74, 6) is -0.227. The molecule has 0 aliphatic rings. The number of aromatic nitrogens is 1. The van der Waals surface area contributed by atoms with E-state index in [4.69, 9.17) is 0 Å². The second kappa shape index (κ2) is 8.51. The number of rotatable bonds is 7. The highest BCUT2D eigenvalue weighted by molar-refractivity contribution is 5.94. The number of hydrogen-bond acceptors (Lipinski definition) is 3. The van der Waals surface area contributed by atoms with Gasteiger partial charge in [0.25, 0.3) is 0 Å². The van der Waals surface area contributed by atoms with E-state index in [0.717, 1.165) is 12.1 Å². The lowest BCUT2D eigenvalue weighted by Gasteiger charge is -2.20. The highest BCUT2D eigenvalue weighted by Gasteiger charge is 2.11. The zero-order chi connectivity index (χ0) is 19.2. The molecule has 0 fully saturated rings. The summed E-state index contributed by atoms with van der Waals surface area (Å²) in [5, 5.41) is 6.78. The van der Waals surface area contributed by atoms with Gasteiger partial charge in [-0.05, 0) is 53.9 Å². The number of nitrogens with one attached hydrogen (secondary N) is 3. The summed E-state index contributed by atoms with van der Waals surface area (Å²) in [7, 11) is 0. The third kappa shape index (κ3) is 5.18. The molecule has 1 heterocycles. The number of benzene rings is 2. The van der Waals surface area contributed by atoms with Gasteiger partial charge in [0.05, 0.1) is 6.54 Å². The lowest BCUT2D eigenvalue weighted by molar-refractivity contribution is -0.117. The molecule has 1 aromatic heterocycles.